The van der Waals surface area contributed by atoms with E-state index in [1.807, 2.05) is 6.08 Å². The highest BCUT2D eigenvalue weighted by Gasteiger charge is 2.10. The van der Waals surface area contributed by atoms with Crippen molar-refractivity contribution in [1.82, 2.24) is 15.2 Å². The number of hydrogen-bond donors (Lipinski definition) is 2. The average molecular weight is 336 g/mol. The normalized spacial score (nSPS) is 14.7. The van der Waals surface area contributed by atoms with Gasteiger partial charge in [0.1, 0.15) is 7.85 Å². The third-order valence-electron chi connectivity index (χ3n) is 4.27. The fourth-order valence-electron chi connectivity index (χ4n) is 2.60. The number of amides is 2. The van der Waals surface area contributed by atoms with Gasteiger partial charge in [-0.2, -0.15) is 0 Å². The summed E-state index contributed by atoms with van der Waals surface area (Å²) in [5.74, 6) is 0. The number of aromatic nitrogens is 1. The smallest absolute Gasteiger partial charge is 0.319 e. The lowest BCUT2D eigenvalue weighted by atomic mass is 10.0. The molecule has 0 atom stereocenters. The molecule has 0 aromatic carbocycles. The van der Waals surface area contributed by atoms with E-state index in [0.29, 0.717) is 24.2 Å². The molecule has 2 heterocycles. The minimum Gasteiger partial charge on any atom is -0.378 e. The van der Waals surface area contributed by atoms with E-state index >= 15 is 0 Å². The van der Waals surface area contributed by atoms with E-state index in [4.69, 9.17) is 7.85 Å². The van der Waals surface area contributed by atoms with Crippen LogP contribution in [-0.4, -0.2) is 43.9 Å². The summed E-state index contributed by atoms with van der Waals surface area (Å²) in [4.78, 5) is 18.0. The van der Waals surface area contributed by atoms with E-state index in [1.54, 1.807) is 12.1 Å². The number of carbonyl (C=O) groups excluding carboxylic acids is 1. The summed E-state index contributed by atoms with van der Waals surface area (Å²) in [6.45, 7) is 7.85. The highest BCUT2D eigenvalue weighted by atomic mass is 16.2. The molecule has 1 aliphatic rings. The van der Waals surface area contributed by atoms with Crippen molar-refractivity contribution in [2.24, 2.45) is 0 Å². The summed E-state index contributed by atoms with van der Waals surface area (Å²) in [5, 5.41) is 5.51. The lowest BCUT2D eigenvalue weighted by molar-refractivity contribution is 0.252. The highest BCUT2D eigenvalue weighted by Crippen LogP contribution is 2.21. The predicted octanol–water partition coefficient (Wildman–Crippen LogP) is 2.50. The number of allylic oxidation sites excluding steroid dienone is 4. The number of carbonyl (C=O) groups is 1. The fraction of sp³-hybridized carbons (Fsp3) is 0.368. The van der Waals surface area contributed by atoms with Crippen molar-refractivity contribution in [2.45, 2.75) is 26.2 Å². The monoisotopic (exact) mass is 336 g/mol. The minimum atomic E-state index is -0.268. The first-order chi connectivity index (χ1) is 12.0. The van der Waals surface area contributed by atoms with Crippen molar-refractivity contribution in [3.63, 3.8) is 0 Å². The molecule has 130 valence electrons. The Morgan fingerprint density at radius 3 is 3.00 bits per heavy atom. The molecule has 6 heteroatoms. The molecule has 0 saturated heterocycles. The minimum absolute atomic E-state index is 0.268. The van der Waals surface area contributed by atoms with Crippen LogP contribution in [0.15, 0.2) is 53.9 Å². The molecule has 5 nitrogen and oxygen atoms in total. The molecule has 2 radical (unpaired) electrons. The van der Waals surface area contributed by atoms with Gasteiger partial charge in [-0.3, -0.25) is 4.98 Å². The SMILES string of the molecule is [B]c1ccc(NC(=O)NCCC(=C)C=CC2=C(C)N(C)CCC2)cn1. The van der Waals surface area contributed by atoms with Crippen molar-refractivity contribution in [3.05, 3.63) is 53.9 Å². The van der Waals surface area contributed by atoms with Gasteiger partial charge >= 0.3 is 6.03 Å². The predicted molar refractivity (Wildman–Crippen MR) is 104 cm³/mol. The first kappa shape index (κ1) is 18.8. The number of pyridine rings is 1. The van der Waals surface area contributed by atoms with E-state index in [-0.39, 0.29) is 6.03 Å². The Kier molecular flexibility index (Phi) is 6.86. The molecule has 1 aliphatic heterocycles. The van der Waals surface area contributed by atoms with Crippen molar-refractivity contribution in [2.75, 3.05) is 25.5 Å². The van der Waals surface area contributed by atoms with Crippen LogP contribution in [0.5, 0.6) is 0 Å². The zero-order valence-corrected chi connectivity index (χ0v) is 15.0. The standard InChI is InChI=1S/C19H25BN4O/c1-14(6-7-16-5-4-12-24(3)15(16)2)10-11-21-19(25)23-17-8-9-18(20)22-13-17/h6-9,13H,1,4-5,10-12H2,2-3H3,(H2,21,23,25). The van der Waals surface area contributed by atoms with Crippen molar-refractivity contribution in [1.29, 1.82) is 0 Å². The molecule has 0 aliphatic carbocycles. The van der Waals surface area contributed by atoms with Crippen LogP contribution in [-0.2, 0) is 0 Å². The third-order valence-corrected chi connectivity index (χ3v) is 4.27. The molecule has 2 N–H and O–H groups in total. The summed E-state index contributed by atoms with van der Waals surface area (Å²) < 4.78 is 0. The Morgan fingerprint density at radius 2 is 2.28 bits per heavy atom. The van der Waals surface area contributed by atoms with Gasteiger partial charge in [0.05, 0.1) is 5.69 Å². The van der Waals surface area contributed by atoms with Gasteiger partial charge in [0.2, 0.25) is 0 Å². The molecular weight excluding hydrogens is 311 g/mol. The highest BCUT2D eigenvalue weighted by molar-refractivity contribution is 6.30. The first-order valence-corrected chi connectivity index (χ1v) is 8.49. The second-order valence-electron chi connectivity index (χ2n) is 6.23. The maximum atomic E-state index is 11.8. The zero-order valence-electron chi connectivity index (χ0n) is 15.0. The second kappa shape index (κ2) is 9.11. The van der Waals surface area contributed by atoms with Gasteiger partial charge in [0.15, 0.2) is 0 Å². The molecule has 2 rings (SSSR count). The second-order valence-corrected chi connectivity index (χ2v) is 6.23. The summed E-state index contributed by atoms with van der Waals surface area (Å²) in [7, 11) is 7.63. The summed E-state index contributed by atoms with van der Waals surface area (Å²) in [5.41, 5.74) is 4.70. The van der Waals surface area contributed by atoms with E-state index < -0.39 is 0 Å². The zero-order chi connectivity index (χ0) is 18.2. The van der Waals surface area contributed by atoms with E-state index in [0.717, 1.165) is 18.5 Å². The van der Waals surface area contributed by atoms with E-state index in [9.17, 15) is 4.79 Å². The fourth-order valence-corrected chi connectivity index (χ4v) is 2.60. The molecule has 0 spiro atoms. The molecule has 0 unspecified atom stereocenters. The molecule has 1 aromatic rings. The number of nitrogens with zero attached hydrogens (tertiary/aromatic N) is 2. The largest absolute Gasteiger partial charge is 0.378 e. The number of urea groups is 1. The van der Waals surface area contributed by atoms with Gasteiger partial charge in [0, 0.05) is 32.0 Å². The van der Waals surface area contributed by atoms with Gasteiger partial charge in [-0.05, 0) is 49.5 Å². The Hall–Kier alpha value is -2.50. The van der Waals surface area contributed by atoms with Crippen LogP contribution in [0.4, 0.5) is 10.5 Å². The molecule has 0 bridgehead atoms. The van der Waals surface area contributed by atoms with Crippen molar-refractivity contribution in [3.8, 4) is 0 Å². The lowest BCUT2D eigenvalue weighted by Gasteiger charge is -2.27. The summed E-state index contributed by atoms with van der Waals surface area (Å²) in [6, 6.07) is 3.08. The van der Waals surface area contributed by atoms with Gasteiger partial charge in [-0.1, -0.05) is 24.3 Å². The Morgan fingerprint density at radius 1 is 1.48 bits per heavy atom. The van der Waals surface area contributed by atoms with E-state index in [1.165, 1.54) is 23.9 Å². The molecular formula is C19H25BN4O. The number of anilines is 1. The molecule has 1 aromatic heterocycles. The molecule has 25 heavy (non-hydrogen) atoms. The van der Waals surface area contributed by atoms with Gasteiger partial charge in [-0.15, -0.1) is 0 Å². The lowest BCUT2D eigenvalue weighted by Crippen LogP contribution is -2.29. The van der Waals surface area contributed by atoms with Crippen LogP contribution in [0.3, 0.4) is 0 Å². The van der Waals surface area contributed by atoms with Crippen LogP contribution < -0.4 is 16.2 Å². The van der Waals surface area contributed by atoms with Crippen LogP contribution in [0.25, 0.3) is 0 Å². The average Bonchev–Trinajstić information content (AvgIpc) is 2.58. The topological polar surface area (TPSA) is 57.3 Å². The number of hydrogen-bond acceptors (Lipinski definition) is 3. The van der Waals surface area contributed by atoms with Crippen molar-refractivity contribution >= 4 is 25.2 Å². The van der Waals surface area contributed by atoms with Crippen LogP contribution >= 0.6 is 0 Å². The number of rotatable bonds is 6. The van der Waals surface area contributed by atoms with E-state index in [2.05, 4.69) is 47.1 Å². The Bertz CT molecular complexity index is 679. The summed E-state index contributed by atoms with van der Waals surface area (Å²) >= 11 is 0. The summed E-state index contributed by atoms with van der Waals surface area (Å²) in [6.07, 6.45) is 8.70. The van der Waals surface area contributed by atoms with Crippen LogP contribution in [0.1, 0.15) is 26.2 Å². The third kappa shape index (κ3) is 6.14. The molecule has 2 amide bonds. The molecule has 0 saturated carbocycles. The Balaban J connectivity index is 1.73. The van der Waals surface area contributed by atoms with Crippen LogP contribution in [0, 0.1) is 0 Å². The quantitative estimate of drug-likeness (QED) is 0.620. The molecule has 0 fully saturated rings. The van der Waals surface area contributed by atoms with Gasteiger partial charge in [-0.25, -0.2) is 4.79 Å². The maximum absolute atomic E-state index is 11.8. The first-order valence-electron chi connectivity index (χ1n) is 8.49. The number of nitrogens with one attached hydrogen (secondary N) is 2. The Labute approximate surface area is 151 Å². The van der Waals surface area contributed by atoms with Gasteiger partial charge < -0.3 is 15.5 Å². The van der Waals surface area contributed by atoms with Crippen molar-refractivity contribution < 1.29 is 4.79 Å². The van der Waals surface area contributed by atoms with Crippen LogP contribution in [0.2, 0.25) is 0 Å². The van der Waals surface area contributed by atoms with Gasteiger partial charge in [0.25, 0.3) is 0 Å². The maximum Gasteiger partial charge on any atom is 0.319 e.